The van der Waals surface area contributed by atoms with Crippen LogP contribution in [0.4, 0.5) is 0 Å². The number of halogens is 1. The Balaban J connectivity index is 1.85. The predicted octanol–water partition coefficient (Wildman–Crippen LogP) is 2.87. The van der Waals surface area contributed by atoms with Crippen LogP contribution in [-0.2, 0) is 4.79 Å². The van der Waals surface area contributed by atoms with E-state index < -0.39 is 5.97 Å². The summed E-state index contributed by atoms with van der Waals surface area (Å²) in [6.45, 7) is 0. The Labute approximate surface area is 108 Å². The smallest absolute Gasteiger partial charge is 0.306 e. The number of pyridine rings is 1. The molecule has 0 aromatic carbocycles. The summed E-state index contributed by atoms with van der Waals surface area (Å²) >= 11 is 3.31. The minimum Gasteiger partial charge on any atom is -0.481 e. The number of aromatic nitrogens is 1. The van der Waals surface area contributed by atoms with Gasteiger partial charge in [0.05, 0.1) is 5.92 Å². The number of carbonyl (C=O) groups is 1. The van der Waals surface area contributed by atoms with Crippen LogP contribution in [0, 0.1) is 5.92 Å². The number of hydrogen-bond acceptors (Lipinski definition) is 3. The largest absolute Gasteiger partial charge is 0.481 e. The quantitative estimate of drug-likeness (QED) is 0.932. The van der Waals surface area contributed by atoms with Crippen molar-refractivity contribution >= 4 is 21.9 Å². The molecule has 0 bridgehead atoms. The molecule has 1 aliphatic carbocycles. The molecular formula is C12H14BrNO3. The average molecular weight is 300 g/mol. The van der Waals surface area contributed by atoms with Gasteiger partial charge in [0, 0.05) is 16.7 Å². The molecule has 4 nitrogen and oxygen atoms in total. The van der Waals surface area contributed by atoms with Gasteiger partial charge in [-0.15, -0.1) is 0 Å². The Morgan fingerprint density at radius 2 is 2.06 bits per heavy atom. The molecule has 0 radical (unpaired) electrons. The van der Waals surface area contributed by atoms with Crippen molar-refractivity contribution in [2.75, 3.05) is 0 Å². The van der Waals surface area contributed by atoms with Gasteiger partial charge in [-0.05, 0) is 47.7 Å². The van der Waals surface area contributed by atoms with Crippen LogP contribution >= 0.6 is 15.9 Å². The highest BCUT2D eigenvalue weighted by Gasteiger charge is 2.26. The lowest BCUT2D eigenvalue weighted by molar-refractivity contribution is -0.143. The number of carboxylic acids is 1. The molecule has 1 N–H and O–H groups in total. The molecule has 2 rings (SSSR count). The molecule has 1 fully saturated rings. The van der Waals surface area contributed by atoms with Crippen LogP contribution < -0.4 is 4.74 Å². The maximum absolute atomic E-state index is 10.8. The van der Waals surface area contributed by atoms with Crippen molar-refractivity contribution < 1.29 is 14.6 Å². The van der Waals surface area contributed by atoms with Gasteiger partial charge in [-0.3, -0.25) is 4.79 Å². The summed E-state index contributed by atoms with van der Waals surface area (Å²) in [7, 11) is 0. The van der Waals surface area contributed by atoms with Crippen molar-refractivity contribution in [1.29, 1.82) is 0 Å². The zero-order valence-electron chi connectivity index (χ0n) is 9.30. The zero-order valence-corrected chi connectivity index (χ0v) is 10.9. The number of rotatable bonds is 3. The first-order valence-electron chi connectivity index (χ1n) is 5.66. The van der Waals surface area contributed by atoms with Gasteiger partial charge in [-0.1, -0.05) is 0 Å². The minimum absolute atomic E-state index is 0.0966. The number of hydrogen-bond donors (Lipinski definition) is 1. The average Bonchev–Trinajstić information content (AvgIpc) is 2.33. The number of nitrogens with zero attached hydrogens (tertiary/aromatic N) is 1. The number of aliphatic carboxylic acids is 1. The van der Waals surface area contributed by atoms with Crippen molar-refractivity contribution in [3.05, 3.63) is 22.8 Å². The van der Waals surface area contributed by atoms with Crippen LogP contribution in [0.5, 0.6) is 5.88 Å². The molecule has 0 amide bonds. The monoisotopic (exact) mass is 299 g/mol. The molecule has 0 spiro atoms. The van der Waals surface area contributed by atoms with E-state index >= 15 is 0 Å². The highest BCUT2D eigenvalue weighted by atomic mass is 79.9. The second kappa shape index (κ2) is 5.49. The van der Waals surface area contributed by atoms with E-state index in [1.165, 1.54) is 0 Å². The van der Waals surface area contributed by atoms with E-state index in [1.807, 2.05) is 12.1 Å². The van der Waals surface area contributed by atoms with E-state index in [-0.39, 0.29) is 12.0 Å². The number of carboxylic acid groups (broad SMARTS) is 1. The summed E-state index contributed by atoms with van der Waals surface area (Å²) in [5.41, 5.74) is 0. The summed E-state index contributed by atoms with van der Waals surface area (Å²) in [5.74, 6) is -0.287. The lowest BCUT2D eigenvalue weighted by Gasteiger charge is -2.26. The molecule has 0 aliphatic heterocycles. The minimum atomic E-state index is -0.690. The van der Waals surface area contributed by atoms with Crippen molar-refractivity contribution in [2.24, 2.45) is 5.92 Å². The molecule has 0 saturated heterocycles. The van der Waals surface area contributed by atoms with E-state index in [9.17, 15) is 4.79 Å². The third kappa shape index (κ3) is 3.43. The molecule has 5 heteroatoms. The maximum atomic E-state index is 10.8. The van der Waals surface area contributed by atoms with Crippen LogP contribution in [0.25, 0.3) is 0 Å². The van der Waals surface area contributed by atoms with Gasteiger partial charge in [0.1, 0.15) is 6.10 Å². The van der Waals surface area contributed by atoms with Gasteiger partial charge in [0.2, 0.25) is 5.88 Å². The third-order valence-corrected chi connectivity index (χ3v) is 3.48. The van der Waals surface area contributed by atoms with Crippen LogP contribution in [0.3, 0.4) is 0 Å². The molecule has 1 aliphatic rings. The summed E-state index contributed by atoms with van der Waals surface area (Å²) in [6.07, 6.45) is 4.74. The van der Waals surface area contributed by atoms with Crippen LogP contribution in [0.1, 0.15) is 25.7 Å². The normalized spacial score (nSPS) is 24.3. The van der Waals surface area contributed by atoms with E-state index in [0.29, 0.717) is 18.7 Å². The Hall–Kier alpha value is -1.10. The summed E-state index contributed by atoms with van der Waals surface area (Å²) in [4.78, 5) is 14.9. The Kier molecular flexibility index (Phi) is 3.99. The van der Waals surface area contributed by atoms with Gasteiger partial charge in [0.15, 0.2) is 0 Å². The Bertz CT molecular complexity index is 385. The fourth-order valence-electron chi connectivity index (χ4n) is 2.03. The third-order valence-electron chi connectivity index (χ3n) is 3.01. The topological polar surface area (TPSA) is 59.4 Å². The molecular weight excluding hydrogens is 286 g/mol. The Morgan fingerprint density at radius 1 is 1.35 bits per heavy atom. The highest BCUT2D eigenvalue weighted by Crippen LogP contribution is 2.27. The first-order chi connectivity index (χ1) is 8.15. The van der Waals surface area contributed by atoms with Gasteiger partial charge in [-0.25, -0.2) is 4.98 Å². The van der Waals surface area contributed by atoms with E-state index in [4.69, 9.17) is 9.84 Å². The van der Waals surface area contributed by atoms with Crippen molar-refractivity contribution in [2.45, 2.75) is 31.8 Å². The standard InChI is InChI=1S/C12H14BrNO3/c13-9-3-6-11(14-7-9)17-10-4-1-8(2-5-10)12(15)16/h3,6-8,10H,1-2,4-5H2,(H,15,16)/t8-,10-. The second-order valence-electron chi connectivity index (χ2n) is 4.24. The molecule has 17 heavy (non-hydrogen) atoms. The fraction of sp³-hybridized carbons (Fsp3) is 0.500. The second-order valence-corrected chi connectivity index (χ2v) is 5.16. The fourth-order valence-corrected chi connectivity index (χ4v) is 2.26. The molecule has 92 valence electrons. The molecule has 0 atom stereocenters. The molecule has 0 unspecified atom stereocenters. The van der Waals surface area contributed by atoms with Gasteiger partial charge in [0.25, 0.3) is 0 Å². The van der Waals surface area contributed by atoms with Crippen molar-refractivity contribution in [3.63, 3.8) is 0 Å². The SMILES string of the molecule is O=C(O)[C@H]1CC[C@H](Oc2ccc(Br)cn2)CC1. The molecule has 1 aromatic rings. The molecule has 1 heterocycles. The van der Waals surface area contributed by atoms with Crippen LogP contribution in [0.2, 0.25) is 0 Å². The maximum Gasteiger partial charge on any atom is 0.306 e. The van der Waals surface area contributed by atoms with Gasteiger partial charge >= 0.3 is 5.97 Å². The molecule has 1 saturated carbocycles. The highest BCUT2D eigenvalue weighted by molar-refractivity contribution is 9.10. The summed E-state index contributed by atoms with van der Waals surface area (Å²) in [5, 5.41) is 8.89. The number of ether oxygens (including phenoxy) is 1. The van der Waals surface area contributed by atoms with Gasteiger partial charge in [-0.2, -0.15) is 0 Å². The lowest BCUT2D eigenvalue weighted by Crippen LogP contribution is -2.28. The van der Waals surface area contributed by atoms with Crippen molar-refractivity contribution in [1.82, 2.24) is 4.98 Å². The summed E-state index contributed by atoms with van der Waals surface area (Å²) < 4.78 is 6.63. The molecule has 1 aromatic heterocycles. The van der Waals surface area contributed by atoms with E-state index in [1.54, 1.807) is 6.20 Å². The van der Waals surface area contributed by atoms with E-state index in [2.05, 4.69) is 20.9 Å². The first kappa shape index (κ1) is 12.4. The van der Waals surface area contributed by atoms with Crippen molar-refractivity contribution in [3.8, 4) is 5.88 Å². The van der Waals surface area contributed by atoms with E-state index in [0.717, 1.165) is 17.3 Å². The van der Waals surface area contributed by atoms with Crippen LogP contribution in [0.15, 0.2) is 22.8 Å². The zero-order chi connectivity index (χ0) is 12.3. The predicted molar refractivity (Wildman–Crippen MR) is 65.9 cm³/mol. The Morgan fingerprint density at radius 3 is 2.59 bits per heavy atom. The summed E-state index contributed by atoms with van der Waals surface area (Å²) in [6, 6.07) is 3.69. The van der Waals surface area contributed by atoms with Gasteiger partial charge < -0.3 is 9.84 Å². The van der Waals surface area contributed by atoms with Crippen LogP contribution in [-0.4, -0.2) is 22.2 Å². The first-order valence-corrected chi connectivity index (χ1v) is 6.45. The lowest BCUT2D eigenvalue weighted by atomic mass is 9.87.